The van der Waals surface area contributed by atoms with Gasteiger partial charge in [0.2, 0.25) is 0 Å². The van der Waals surface area contributed by atoms with Gasteiger partial charge in [0.05, 0.1) is 19.8 Å². The highest BCUT2D eigenvalue weighted by atomic mass is 31.2. The number of allylic oxidation sites excluding steroid dienone is 14. The van der Waals surface area contributed by atoms with Gasteiger partial charge in [-0.2, -0.15) is 0 Å². The van der Waals surface area contributed by atoms with Crippen molar-refractivity contribution < 1.29 is 52.2 Å². The molecule has 0 saturated carbocycles. The third kappa shape index (κ3) is 55.4. The Labute approximate surface area is 464 Å². The largest absolute Gasteiger partial charge is 0.472 e. The molecule has 0 aromatic heterocycles. The Hall–Kier alpha value is -3.34. The minimum absolute atomic E-state index is 0.147. The van der Waals surface area contributed by atoms with Gasteiger partial charge in [0.15, 0.2) is 6.10 Å². The van der Waals surface area contributed by atoms with Crippen LogP contribution in [-0.4, -0.2) is 66.5 Å². The summed E-state index contributed by atoms with van der Waals surface area (Å²) < 4.78 is 39.6. The third-order valence-electron chi connectivity index (χ3n) is 12.8. The summed E-state index contributed by atoms with van der Waals surface area (Å²) in [6, 6.07) is 0. The fraction of sp³-hybridized carbons (Fsp3) is 0.734. The molecule has 0 spiro atoms. The average Bonchev–Trinajstić information content (AvgIpc) is 3.41. The number of carbonyl (C=O) groups excluding carboxylic acids is 3. The molecule has 76 heavy (non-hydrogen) atoms. The van der Waals surface area contributed by atoms with Gasteiger partial charge in [-0.3, -0.25) is 23.4 Å². The molecule has 0 saturated heterocycles. The summed E-state index contributed by atoms with van der Waals surface area (Å²) in [7, 11) is -4.76. The van der Waals surface area contributed by atoms with E-state index in [0.717, 1.165) is 141 Å². The number of phosphoric ester groups is 1. The van der Waals surface area contributed by atoms with Crippen molar-refractivity contribution in [3.05, 3.63) is 85.1 Å². The maximum Gasteiger partial charge on any atom is 0.472 e. The van der Waals surface area contributed by atoms with Crippen molar-refractivity contribution >= 4 is 25.7 Å². The fourth-order valence-corrected chi connectivity index (χ4v) is 8.92. The Kier molecular flexibility index (Phi) is 55.3. The molecule has 0 rings (SSSR count). The molecular weight excluding hydrogens is 976 g/mol. The molecule has 2 N–H and O–H groups in total. The van der Waals surface area contributed by atoms with Gasteiger partial charge >= 0.3 is 25.7 Å². The molecule has 12 heteroatoms. The van der Waals surface area contributed by atoms with E-state index in [1.807, 2.05) is 0 Å². The predicted molar refractivity (Wildman–Crippen MR) is 316 cm³/mol. The highest BCUT2D eigenvalue weighted by Crippen LogP contribution is 2.43. The quantitative estimate of drug-likeness (QED) is 0.0197. The van der Waals surface area contributed by atoms with Gasteiger partial charge in [0.25, 0.3) is 0 Å². The van der Waals surface area contributed by atoms with E-state index < -0.39 is 57.8 Å². The fourth-order valence-electron chi connectivity index (χ4n) is 8.14. The first-order valence-corrected chi connectivity index (χ1v) is 32.0. The average molecular weight is 1090 g/mol. The van der Waals surface area contributed by atoms with Crippen molar-refractivity contribution in [3.8, 4) is 0 Å². The second kappa shape index (κ2) is 57.8. The third-order valence-corrected chi connectivity index (χ3v) is 13.7. The second-order valence-electron chi connectivity index (χ2n) is 20.1. The van der Waals surface area contributed by atoms with Crippen LogP contribution in [0.1, 0.15) is 265 Å². The normalized spacial score (nSPS) is 13.9. The SMILES string of the molecule is CC/C=C\C/C=C\C/C=C\C/C=C\CCCCCCCCC(=O)OC(COC(=O)CCCCCCCCC/C=C\C/C=C\CCCCC)COP(=O)(O)OCC(CO)OC(=O)CCCCCCC/C=C\CCCCCC. The summed E-state index contributed by atoms with van der Waals surface area (Å²) in [4.78, 5) is 48.6. The van der Waals surface area contributed by atoms with Crippen molar-refractivity contribution in [1.82, 2.24) is 0 Å². The number of hydrogen-bond acceptors (Lipinski definition) is 10. The van der Waals surface area contributed by atoms with Gasteiger partial charge in [0.1, 0.15) is 12.7 Å². The van der Waals surface area contributed by atoms with Crippen LogP contribution >= 0.6 is 7.82 Å². The summed E-state index contributed by atoms with van der Waals surface area (Å²) >= 11 is 0. The van der Waals surface area contributed by atoms with E-state index in [-0.39, 0.29) is 25.9 Å². The molecule has 0 aromatic carbocycles. The summed E-state index contributed by atoms with van der Waals surface area (Å²) in [5.74, 6) is -1.50. The van der Waals surface area contributed by atoms with Gasteiger partial charge in [-0.05, 0) is 116 Å². The number of aliphatic hydroxyl groups excluding tert-OH is 1. The Morgan fingerprint density at radius 1 is 0.382 bits per heavy atom. The van der Waals surface area contributed by atoms with Crippen LogP contribution in [0.4, 0.5) is 0 Å². The highest BCUT2D eigenvalue weighted by molar-refractivity contribution is 7.47. The standard InChI is InChI=1S/C64H111O11P/c1-4-7-10-13-16-19-22-25-27-29-30-32-34-37-40-43-46-49-52-55-64(68)75-61(57-71-62(66)53-50-47-44-41-38-36-33-31-28-26-23-20-17-14-11-8-5-2)59-73-76(69,70)72-58-60(56-65)74-63(67)54-51-48-45-42-39-35-24-21-18-15-12-9-6-3/h7,10,16-17,19-21,24-28,30,32,60-61,65H,4-6,8-9,11-15,18,22-23,29,31,33-59H2,1-3H3,(H,69,70)/b10-7-,19-16-,20-17-,24-21-,27-25-,28-26-,32-30-. The van der Waals surface area contributed by atoms with Crippen molar-refractivity contribution in [1.29, 1.82) is 0 Å². The van der Waals surface area contributed by atoms with Crippen molar-refractivity contribution in [3.63, 3.8) is 0 Å². The molecule has 0 bridgehead atoms. The number of hydrogen-bond donors (Lipinski definition) is 2. The van der Waals surface area contributed by atoms with Crippen LogP contribution in [0.25, 0.3) is 0 Å². The first-order chi connectivity index (χ1) is 37.2. The zero-order valence-electron chi connectivity index (χ0n) is 48.5. The lowest BCUT2D eigenvalue weighted by Crippen LogP contribution is -2.30. The molecule has 0 radical (unpaired) electrons. The van der Waals surface area contributed by atoms with Gasteiger partial charge in [-0.15, -0.1) is 0 Å². The number of rotatable bonds is 56. The lowest BCUT2D eigenvalue weighted by molar-refractivity contribution is -0.161. The van der Waals surface area contributed by atoms with Gasteiger partial charge in [0, 0.05) is 19.3 Å². The molecule has 438 valence electrons. The minimum Gasteiger partial charge on any atom is -0.462 e. The van der Waals surface area contributed by atoms with Gasteiger partial charge in [-0.1, -0.05) is 215 Å². The molecule has 0 aromatic rings. The van der Waals surface area contributed by atoms with E-state index in [0.29, 0.717) is 19.3 Å². The molecule has 0 aliphatic heterocycles. The van der Waals surface area contributed by atoms with Crippen molar-refractivity contribution in [2.24, 2.45) is 0 Å². The summed E-state index contributed by atoms with van der Waals surface area (Å²) in [5.41, 5.74) is 0. The summed E-state index contributed by atoms with van der Waals surface area (Å²) in [5, 5.41) is 9.82. The lowest BCUT2D eigenvalue weighted by Gasteiger charge is -2.21. The lowest BCUT2D eigenvalue weighted by atomic mass is 10.1. The Bertz CT molecular complexity index is 1600. The molecule has 0 aliphatic rings. The van der Waals surface area contributed by atoms with E-state index >= 15 is 0 Å². The summed E-state index contributed by atoms with van der Waals surface area (Å²) in [6.07, 6.45) is 66.7. The highest BCUT2D eigenvalue weighted by Gasteiger charge is 2.28. The maximum atomic E-state index is 12.9. The van der Waals surface area contributed by atoms with Gasteiger partial charge in [-0.25, -0.2) is 4.57 Å². The molecule has 0 amide bonds. The first kappa shape index (κ1) is 72.7. The van der Waals surface area contributed by atoms with Crippen LogP contribution in [0.3, 0.4) is 0 Å². The molecule has 11 nitrogen and oxygen atoms in total. The molecular formula is C64H111O11P. The van der Waals surface area contributed by atoms with E-state index in [2.05, 4.69) is 106 Å². The second-order valence-corrected chi connectivity index (χ2v) is 21.6. The zero-order valence-corrected chi connectivity index (χ0v) is 49.3. The van der Waals surface area contributed by atoms with Crippen LogP contribution in [0.5, 0.6) is 0 Å². The minimum atomic E-state index is -4.76. The number of ether oxygens (including phenoxy) is 3. The molecule has 3 atom stereocenters. The van der Waals surface area contributed by atoms with Crippen molar-refractivity contribution in [2.45, 2.75) is 277 Å². The Morgan fingerprint density at radius 3 is 1.09 bits per heavy atom. The summed E-state index contributed by atoms with van der Waals surface area (Å²) in [6.45, 7) is 4.47. The van der Waals surface area contributed by atoms with Crippen LogP contribution in [0, 0.1) is 0 Å². The van der Waals surface area contributed by atoms with Crippen LogP contribution in [0.2, 0.25) is 0 Å². The molecule has 0 aliphatic carbocycles. The smallest absolute Gasteiger partial charge is 0.462 e. The Morgan fingerprint density at radius 2 is 0.684 bits per heavy atom. The molecule has 3 unspecified atom stereocenters. The zero-order chi connectivity index (χ0) is 55.5. The number of unbranched alkanes of at least 4 members (excludes halogenated alkanes) is 25. The molecule has 0 fully saturated rings. The van der Waals surface area contributed by atoms with E-state index in [1.54, 1.807) is 0 Å². The van der Waals surface area contributed by atoms with Crippen molar-refractivity contribution in [2.75, 3.05) is 26.4 Å². The first-order valence-electron chi connectivity index (χ1n) is 30.5. The van der Waals surface area contributed by atoms with Crippen LogP contribution in [-0.2, 0) is 42.2 Å². The van der Waals surface area contributed by atoms with Crippen LogP contribution < -0.4 is 0 Å². The van der Waals surface area contributed by atoms with E-state index in [9.17, 15) is 28.9 Å². The number of aliphatic hydroxyl groups is 1. The topological polar surface area (TPSA) is 155 Å². The number of esters is 3. The van der Waals surface area contributed by atoms with E-state index in [4.69, 9.17) is 23.3 Å². The maximum absolute atomic E-state index is 12.9. The molecule has 0 heterocycles. The van der Waals surface area contributed by atoms with Gasteiger partial charge < -0.3 is 24.2 Å². The van der Waals surface area contributed by atoms with E-state index in [1.165, 1.54) is 64.2 Å². The number of carbonyl (C=O) groups is 3. The van der Waals surface area contributed by atoms with Crippen LogP contribution in [0.15, 0.2) is 85.1 Å². The number of phosphoric acid groups is 1. The predicted octanol–water partition coefficient (Wildman–Crippen LogP) is 18.3. The Balaban J connectivity index is 4.77. The monoisotopic (exact) mass is 1090 g/mol.